The molecule has 2 rings (SSSR count). The smallest absolute Gasteiger partial charge is 0.417 e. The second kappa shape index (κ2) is 7.35. The minimum absolute atomic E-state index is 0.0266. The van der Waals surface area contributed by atoms with E-state index in [1.54, 1.807) is 0 Å². The molecule has 0 N–H and O–H groups in total. The fourth-order valence-electron chi connectivity index (χ4n) is 2.41. The summed E-state index contributed by atoms with van der Waals surface area (Å²) >= 11 is 5.97. The average molecular weight is 352 g/mol. The Morgan fingerprint density at radius 3 is 2.70 bits per heavy atom. The van der Waals surface area contributed by atoms with Crippen LogP contribution >= 0.6 is 11.6 Å². The van der Waals surface area contributed by atoms with E-state index in [0.29, 0.717) is 32.0 Å². The van der Waals surface area contributed by atoms with Crippen LogP contribution in [0.15, 0.2) is 12.3 Å². The van der Waals surface area contributed by atoms with Gasteiger partial charge in [0.15, 0.2) is 0 Å². The number of hydrogen-bond acceptors (Lipinski definition) is 5. The number of rotatable bonds is 3. The van der Waals surface area contributed by atoms with Crippen LogP contribution in [0, 0.1) is 0 Å². The Balaban J connectivity index is 2.06. The van der Waals surface area contributed by atoms with Crippen LogP contribution in [-0.2, 0) is 15.7 Å². The molecule has 1 aliphatic rings. The van der Waals surface area contributed by atoms with Gasteiger partial charge in [-0.2, -0.15) is 13.2 Å². The Labute approximate surface area is 137 Å². The molecule has 5 nitrogen and oxygen atoms in total. The molecule has 0 radical (unpaired) electrons. The lowest BCUT2D eigenvalue weighted by molar-refractivity contribution is -0.142. The Morgan fingerprint density at radius 2 is 2.09 bits per heavy atom. The van der Waals surface area contributed by atoms with Gasteiger partial charge in [-0.05, 0) is 12.5 Å². The fraction of sp³-hybridized carbons (Fsp3) is 0.571. The van der Waals surface area contributed by atoms with Gasteiger partial charge in [0.25, 0.3) is 0 Å². The molecule has 1 saturated heterocycles. The Morgan fingerprint density at radius 1 is 1.35 bits per heavy atom. The Kier molecular flexibility index (Phi) is 5.69. The highest BCUT2D eigenvalue weighted by molar-refractivity contribution is 6.33. The van der Waals surface area contributed by atoms with Crippen molar-refractivity contribution in [1.29, 1.82) is 0 Å². The van der Waals surface area contributed by atoms with E-state index in [1.807, 2.05) is 9.80 Å². The third-order valence-electron chi connectivity index (χ3n) is 3.62. The topological polar surface area (TPSA) is 45.7 Å². The molecule has 23 heavy (non-hydrogen) atoms. The summed E-state index contributed by atoms with van der Waals surface area (Å²) in [5.74, 6) is 0.0173. The van der Waals surface area contributed by atoms with Crippen LogP contribution in [0.3, 0.4) is 0 Å². The monoisotopic (exact) mass is 351 g/mol. The second-order valence-electron chi connectivity index (χ2n) is 5.22. The third-order valence-corrected chi connectivity index (χ3v) is 3.90. The van der Waals surface area contributed by atoms with Crippen molar-refractivity contribution in [2.24, 2.45) is 0 Å². The molecular formula is C14H17ClF3N3O2. The maximum atomic E-state index is 12.7. The molecule has 0 amide bonds. The summed E-state index contributed by atoms with van der Waals surface area (Å²) in [5.41, 5.74) is -0.867. The number of aromatic nitrogens is 1. The first-order valence-corrected chi connectivity index (χ1v) is 7.46. The summed E-state index contributed by atoms with van der Waals surface area (Å²) in [6.45, 7) is 2.60. The van der Waals surface area contributed by atoms with Crippen LogP contribution in [0.5, 0.6) is 0 Å². The van der Waals surface area contributed by atoms with Gasteiger partial charge in [0.05, 0.1) is 24.2 Å². The van der Waals surface area contributed by atoms with Gasteiger partial charge >= 0.3 is 12.1 Å². The van der Waals surface area contributed by atoms with Gasteiger partial charge in [0.1, 0.15) is 5.82 Å². The van der Waals surface area contributed by atoms with E-state index in [2.05, 4.69) is 9.72 Å². The molecule has 0 aromatic carbocycles. The predicted molar refractivity (Wildman–Crippen MR) is 79.5 cm³/mol. The van der Waals surface area contributed by atoms with Crippen LogP contribution in [-0.4, -0.2) is 55.7 Å². The molecule has 0 atom stereocenters. The van der Waals surface area contributed by atoms with Crippen molar-refractivity contribution < 1.29 is 22.7 Å². The summed E-state index contributed by atoms with van der Waals surface area (Å²) in [4.78, 5) is 19.0. The van der Waals surface area contributed by atoms with Crippen LogP contribution in [0.1, 0.15) is 12.0 Å². The normalized spacial score (nSPS) is 17.0. The summed E-state index contributed by atoms with van der Waals surface area (Å²) < 4.78 is 42.6. The van der Waals surface area contributed by atoms with E-state index in [-0.39, 0.29) is 17.5 Å². The Hall–Kier alpha value is -1.54. The molecule has 0 bridgehead atoms. The van der Waals surface area contributed by atoms with Gasteiger partial charge in [-0.1, -0.05) is 11.6 Å². The largest absolute Gasteiger partial charge is 0.468 e. The number of anilines is 1. The van der Waals surface area contributed by atoms with Crippen LogP contribution in [0.25, 0.3) is 0 Å². The first-order chi connectivity index (χ1) is 10.8. The molecule has 1 aromatic rings. The number of methoxy groups -OCH3 is 1. The second-order valence-corrected chi connectivity index (χ2v) is 5.63. The number of alkyl halides is 3. The van der Waals surface area contributed by atoms with E-state index in [1.165, 1.54) is 7.11 Å². The molecule has 0 aliphatic carbocycles. The molecule has 2 heterocycles. The van der Waals surface area contributed by atoms with Crippen molar-refractivity contribution in [3.05, 3.63) is 22.8 Å². The number of nitrogens with zero attached hydrogens (tertiary/aromatic N) is 3. The van der Waals surface area contributed by atoms with Crippen molar-refractivity contribution in [3.8, 4) is 0 Å². The van der Waals surface area contributed by atoms with Crippen LogP contribution in [0.4, 0.5) is 19.0 Å². The number of esters is 1. The van der Waals surface area contributed by atoms with E-state index >= 15 is 0 Å². The molecule has 1 aromatic heterocycles. The van der Waals surface area contributed by atoms with Gasteiger partial charge in [-0.15, -0.1) is 0 Å². The standard InChI is InChI=1S/C14H17ClF3N3O2/c1-23-12(22)9-20-3-2-4-21(6-5-20)13-11(15)7-10(8-19-13)14(16,17)18/h7-8H,2-6,9H2,1H3. The minimum atomic E-state index is -4.47. The van der Waals surface area contributed by atoms with Crippen molar-refractivity contribution in [1.82, 2.24) is 9.88 Å². The molecule has 0 unspecified atom stereocenters. The number of carbonyl (C=O) groups excluding carboxylic acids is 1. The molecule has 0 saturated carbocycles. The summed E-state index contributed by atoms with van der Waals surface area (Å²) in [6.07, 6.45) is -2.93. The zero-order chi connectivity index (χ0) is 17.0. The predicted octanol–water partition coefficient (Wildman–Crippen LogP) is 2.44. The number of halogens is 4. The summed E-state index contributed by atoms with van der Waals surface area (Å²) in [5, 5.41) is -0.0266. The highest BCUT2D eigenvalue weighted by Crippen LogP contribution is 2.33. The van der Waals surface area contributed by atoms with Crippen molar-refractivity contribution in [2.45, 2.75) is 12.6 Å². The maximum Gasteiger partial charge on any atom is 0.417 e. The van der Waals surface area contributed by atoms with E-state index in [9.17, 15) is 18.0 Å². The van der Waals surface area contributed by atoms with Crippen LogP contribution < -0.4 is 4.90 Å². The van der Waals surface area contributed by atoms with E-state index < -0.39 is 11.7 Å². The van der Waals surface area contributed by atoms with Crippen molar-refractivity contribution >= 4 is 23.4 Å². The Bertz CT molecular complexity index is 569. The van der Waals surface area contributed by atoms with Crippen molar-refractivity contribution in [3.63, 3.8) is 0 Å². The molecule has 1 fully saturated rings. The number of carbonyl (C=O) groups is 1. The summed E-state index contributed by atoms with van der Waals surface area (Å²) in [6, 6.07) is 0.890. The maximum absolute atomic E-state index is 12.7. The summed E-state index contributed by atoms with van der Waals surface area (Å²) in [7, 11) is 1.33. The SMILES string of the molecule is COC(=O)CN1CCCN(c2ncc(C(F)(F)F)cc2Cl)CC1. The first-order valence-electron chi connectivity index (χ1n) is 7.08. The zero-order valence-corrected chi connectivity index (χ0v) is 13.3. The van der Waals surface area contributed by atoms with Gasteiger partial charge in [0.2, 0.25) is 0 Å². The average Bonchev–Trinajstić information content (AvgIpc) is 2.71. The fourth-order valence-corrected chi connectivity index (χ4v) is 2.69. The van der Waals surface area contributed by atoms with Gasteiger partial charge in [0, 0.05) is 32.4 Å². The highest BCUT2D eigenvalue weighted by atomic mass is 35.5. The minimum Gasteiger partial charge on any atom is -0.468 e. The zero-order valence-electron chi connectivity index (χ0n) is 12.6. The van der Waals surface area contributed by atoms with E-state index in [4.69, 9.17) is 11.6 Å². The lowest BCUT2D eigenvalue weighted by Crippen LogP contribution is -2.35. The molecule has 9 heteroatoms. The molecular weight excluding hydrogens is 335 g/mol. The quantitative estimate of drug-likeness (QED) is 0.783. The lowest BCUT2D eigenvalue weighted by atomic mass is 10.2. The molecule has 128 valence electrons. The van der Waals surface area contributed by atoms with Gasteiger partial charge in [-0.3, -0.25) is 9.69 Å². The third kappa shape index (κ3) is 4.71. The van der Waals surface area contributed by atoms with Gasteiger partial charge in [-0.25, -0.2) is 4.98 Å². The van der Waals surface area contributed by atoms with E-state index in [0.717, 1.165) is 18.7 Å². The first kappa shape index (κ1) is 17.8. The highest BCUT2D eigenvalue weighted by Gasteiger charge is 2.32. The number of ether oxygens (including phenoxy) is 1. The molecule has 0 spiro atoms. The number of hydrogen-bond donors (Lipinski definition) is 0. The lowest BCUT2D eigenvalue weighted by Gasteiger charge is -2.23. The van der Waals surface area contributed by atoms with Crippen LogP contribution in [0.2, 0.25) is 5.02 Å². The number of pyridine rings is 1. The molecule has 1 aliphatic heterocycles. The van der Waals surface area contributed by atoms with Crippen molar-refractivity contribution in [2.75, 3.05) is 44.7 Å². The van der Waals surface area contributed by atoms with Gasteiger partial charge < -0.3 is 9.64 Å².